The number of carboxylic acids is 1. The maximum Gasteiger partial charge on any atom is 0.407 e. The van der Waals surface area contributed by atoms with Gasteiger partial charge in [-0.2, -0.15) is 0 Å². The van der Waals surface area contributed by atoms with E-state index in [1.54, 1.807) is 0 Å². The molecule has 0 aliphatic heterocycles. The van der Waals surface area contributed by atoms with E-state index in [1.807, 2.05) is 64.1 Å². The molecule has 0 aromatic heterocycles. The fourth-order valence-corrected chi connectivity index (χ4v) is 4.45. The molecule has 0 bridgehead atoms. The van der Waals surface area contributed by atoms with Crippen LogP contribution in [0, 0.1) is 5.41 Å². The fraction of sp³-hybridized carbons (Fsp3) is 0.464. The maximum atomic E-state index is 12.9. The average molecular weight is 481 g/mol. The van der Waals surface area contributed by atoms with E-state index in [9.17, 15) is 19.5 Å². The number of aliphatic carboxylic acids is 1. The van der Waals surface area contributed by atoms with Gasteiger partial charge in [0, 0.05) is 5.92 Å². The SMILES string of the molecule is CCC[C@@H](NC(=O)OCC1c2ccccc2-c2ccccc21)C(=O)NC(CCC(C)(C)C)C(=O)O. The summed E-state index contributed by atoms with van der Waals surface area (Å²) >= 11 is 0. The number of rotatable bonds is 10. The number of benzene rings is 2. The highest BCUT2D eigenvalue weighted by Gasteiger charge is 2.31. The lowest BCUT2D eigenvalue weighted by Gasteiger charge is -2.24. The molecule has 35 heavy (non-hydrogen) atoms. The molecule has 1 aliphatic rings. The molecule has 1 aliphatic carbocycles. The molecule has 0 saturated carbocycles. The summed E-state index contributed by atoms with van der Waals surface area (Å²) in [6, 6.07) is 14.3. The minimum atomic E-state index is -1.08. The fourth-order valence-electron chi connectivity index (χ4n) is 4.45. The lowest BCUT2D eigenvalue weighted by atomic mass is 9.88. The number of fused-ring (bicyclic) bond motifs is 3. The highest BCUT2D eigenvalue weighted by atomic mass is 16.5. The lowest BCUT2D eigenvalue weighted by molar-refractivity contribution is -0.142. The largest absolute Gasteiger partial charge is 0.480 e. The van der Waals surface area contributed by atoms with Crippen molar-refractivity contribution in [3.63, 3.8) is 0 Å². The third-order valence-electron chi connectivity index (χ3n) is 6.33. The molecule has 2 aromatic rings. The highest BCUT2D eigenvalue weighted by Crippen LogP contribution is 2.44. The van der Waals surface area contributed by atoms with Crippen LogP contribution in [0.5, 0.6) is 0 Å². The van der Waals surface area contributed by atoms with Gasteiger partial charge in [-0.1, -0.05) is 82.6 Å². The van der Waals surface area contributed by atoms with Gasteiger partial charge in [0.2, 0.25) is 5.91 Å². The number of carbonyl (C=O) groups is 3. The first-order chi connectivity index (χ1) is 16.6. The number of carboxylic acid groups (broad SMARTS) is 1. The number of amides is 2. The van der Waals surface area contributed by atoms with Crippen LogP contribution in [0.4, 0.5) is 4.79 Å². The van der Waals surface area contributed by atoms with Crippen LogP contribution in [0.1, 0.15) is 70.4 Å². The Morgan fingerprint density at radius 1 is 0.914 bits per heavy atom. The van der Waals surface area contributed by atoms with Gasteiger partial charge in [-0.15, -0.1) is 0 Å². The Morgan fingerprint density at radius 3 is 2.00 bits per heavy atom. The summed E-state index contributed by atoms with van der Waals surface area (Å²) in [6.07, 6.45) is 1.28. The second-order valence-corrected chi connectivity index (χ2v) is 10.3. The summed E-state index contributed by atoms with van der Waals surface area (Å²) in [5.74, 6) is -1.68. The van der Waals surface area contributed by atoms with Gasteiger partial charge in [0.15, 0.2) is 0 Å². The first-order valence-electron chi connectivity index (χ1n) is 12.3. The van der Waals surface area contributed by atoms with Gasteiger partial charge in [0.05, 0.1) is 0 Å². The Hall–Kier alpha value is -3.35. The van der Waals surface area contributed by atoms with Crippen LogP contribution >= 0.6 is 0 Å². The molecular formula is C28H36N2O5. The van der Waals surface area contributed by atoms with Gasteiger partial charge in [-0.25, -0.2) is 9.59 Å². The molecule has 2 aromatic carbocycles. The van der Waals surface area contributed by atoms with Crippen LogP contribution in [0.15, 0.2) is 48.5 Å². The van der Waals surface area contributed by atoms with Crippen LogP contribution in [-0.2, 0) is 14.3 Å². The van der Waals surface area contributed by atoms with Crippen molar-refractivity contribution in [2.45, 2.75) is 71.4 Å². The van der Waals surface area contributed by atoms with Crippen molar-refractivity contribution >= 4 is 18.0 Å². The van der Waals surface area contributed by atoms with Gasteiger partial charge >= 0.3 is 12.1 Å². The summed E-state index contributed by atoms with van der Waals surface area (Å²) in [5.41, 5.74) is 4.42. The Balaban J connectivity index is 1.62. The molecule has 2 atom stereocenters. The molecular weight excluding hydrogens is 444 g/mol. The van der Waals surface area contributed by atoms with Gasteiger partial charge < -0.3 is 20.5 Å². The van der Waals surface area contributed by atoms with E-state index in [1.165, 1.54) is 0 Å². The molecule has 1 unspecified atom stereocenters. The molecule has 7 heteroatoms. The van der Waals surface area contributed by atoms with Crippen molar-refractivity contribution in [2.24, 2.45) is 5.41 Å². The van der Waals surface area contributed by atoms with Gasteiger partial charge in [-0.3, -0.25) is 4.79 Å². The molecule has 0 radical (unpaired) electrons. The zero-order chi connectivity index (χ0) is 25.6. The van der Waals surface area contributed by atoms with E-state index in [-0.39, 0.29) is 17.9 Å². The average Bonchev–Trinajstić information content (AvgIpc) is 3.13. The molecule has 2 amide bonds. The molecule has 7 nitrogen and oxygen atoms in total. The van der Waals surface area contributed by atoms with E-state index < -0.39 is 30.1 Å². The number of ether oxygens (including phenoxy) is 1. The monoisotopic (exact) mass is 480 g/mol. The Kier molecular flexibility index (Phi) is 8.54. The van der Waals surface area contributed by atoms with Crippen molar-refractivity contribution in [1.29, 1.82) is 0 Å². The number of hydrogen-bond acceptors (Lipinski definition) is 4. The second kappa shape index (κ2) is 11.4. The van der Waals surface area contributed by atoms with Crippen LogP contribution in [-0.4, -0.2) is 41.8 Å². The Labute approximate surface area is 207 Å². The quantitative estimate of drug-likeness (QED) is 0.439. The smallest absolute Gasteiger partial charge is 0.407 e. The van der Waals surface area contributed by atoms with Crippen LogP contribution in [0.25, 0.3) is 11.1 Å². The van der Waals surface area contributed by atoms with Gasteiger partial charge in [-0.05, 0) is 46.9 Å². The third-order valence-corrected chi connectivity index (χ3v) is 6.33. The maximum absolute atomic E-state index is 12.9. The Bertz CT molecular complexity index is 1010. The number of nitrogens with one attached hydrogen (secondary N) is 2. The van der Waals surface area contributed by atoms with Crippen LogP contribution in [0.3, 0.4) is 0 Å². The molecule has 0 heterocycles. The zero-order valence-corrected chi connectivity index (χ0v) is 21.0. The minimum absolute atomic E-state index is 0.0548. The topological polar surface area (TPSA) is 105 Å². The van der Waals surface area contributed by atoms with Crippen molar-refractivity contribution in [3.05, 3.63) is 59.7 Å². The van der Waals surface area contributed by atoms with E-state index in [0.717, 1.165) is 22.3 Å². The minimum Gasteiger partial charge on any atom is -0.480 e. The predicted molar refractivity (Wildman–Crippen MR) is 135 cm³/mol. The predicted octanol–water partition coefficient (Wildman–Crippen LogP) is 5.09. The van der Waals surface area contributed by atoms with Gasteiger partial charge in [0.25, 0.3) is 0 Å². The third kappa shape index (κ3) is 6.84. The van der Waals surface area contributed by atoms with Crippen molar-refractivity contribution in [2.75, 3.05) is 6.61 Å². The molecule has 0 spiro atoms. The number of carbonyl (C=O) groups excluding carboxylic acids is 2. The van der Waals surface area contributed by atoms with Crippen molar-refractivity contribution in [3.8, 4) is 11.1 Å². The summed E-state index contributed by atoms with van der Waals surface area (Å²) in [6.45, 7) is 8.10. The lowest BCUT2D eigenvalue weighted by Crippen LogP contribution is -2.51. The van der Waals surface area contributed by atoms with E-state index >= 15 is 0 Å². The van der Waals surface area contributed by atoms with Crippen LogP contribution < -0.4 is 10.6 Å². The summed E-state index contributed by atoms with van der Waals surface area (Å²) in [7, 11) is 0. The molecule has 3 rings (SSSR count). The normalized spacial score (nSPS) is 14.4. The molecule has 188 valence electrons. The molecule has 3 N–H and O–H groups in total. The summed E-state index contributed by atoms with van der Waals surface area (Å²) in [4.78, 5) is 37.2. The number of alkyl carbamates (subject to hydrolysis) is 1. The summed E-state index contributed by atoms with van der Waals surface area (Å²) in [5, 5.41) is 14.8. The zero-order valence-electron chi connectivity index (χ0n) is 21.0. The highest BCUT2D eigenvalue weighted by molar-refractivity contribution is 5.89. The molecule has 0 saturated heterocycles. The van der Waals surface area contributed by atoms with Crippen LogP contribution in [0.2, 0.25) is 0 Å². The number of hydrogen-bond donors (Lipinski definition) is 3. The first-order valence-corrected chi connectivity index (χ1v) is 12.3. The van der Waals surface area contributed by atoms with E-state index in [0.29, 0.717) is 25.7 Å². The second-order valence-electron chi connectivity index (χ2n) is 10.3. The standard InChI is InChI=1S/C28H36N2O5/c1-5-10-23(25(31)29-24(26(32)33)15-16-28(2,3)4)30-27(34)35-17-22-20-13-8-6-11-18(20)19-12-7-9-14-21(19)22/h6-9,11-14,22-24H,5,10,15-17H2,1-4H3,(H,29,31)(H,30,34)(H,32,33)/t23-,24?/m1/s1. The molecule has 0 fully saturated rings. The summed E-state index contributed by atoms with van der Waals surface area (Å²) < 4.78 is 5.56. The van der Waals surface area contributed by atoms with E-state index in [2.05, 4.69) is 22.8 Å². The first kappa shape index (κ1) is 26.3. The van der Waals surface area contributed by atoms with E-state index in [4.69, 9.17) is 4.74 Å². The Morgan fingerprint density at radius 2 is 1.49 bits per heavy atom. The van der Waals surface area contributed by atoms with Crippen molar-refractivity contribution in [1.82, 2.24) is 10.6 Å². The van der Waals surface area contributed by atoms with Crippen molar-refractivity contribution < 1.29 is 24.2 Å². The van der Waals surface area contributed by atoms with Gasteiger partial charge in [0.1, 0.15) is 18.7 Å².